The molecule has 2 aliphatic rings. The summed E-state index contributed by atoms with van der Waals surface area (Å²) in [5, 5.41) is 15.5. The Morgan fingerprint density at radius 2 is 1.77 bits per heavy atom. The molecule has 222 valence electrons. The summed E-state index contributed by atoms with van der Waals surface area (Å²) < 4.78 is 5.33. The lowest BCUT2D eigenvalue weighted by atomic mass is 9.92. The lowest BCUT2D eigenvalue weighted by Gasteiger charge is -2.32. The molecule has 5 N–H and O–H groups in total. The number of hydrogen-bond acceptors (Lipinski definition) is 8. The summed E-state index contributed by atoms with van der Waals surface area (Å²) in [6.45, 7) is 10.4. The van der Waals surface area contributed by atoms with E-state index in [-0.39, 0.29) is 11.6 Å². The number of ether oxygens (including phenoxy) is 1. The Morgan fingerprint density at radius 3 is 2.23 bits per heavy atom. The number of anilines is 2. The standard InChI is InChI=1S/C14H22N2O3.C12H19N3.C3H8.C2H6/c1-15-8-7-14(11(9-17)10-18)16-12-3-5-13(19-2)6-4-12;1-14-11-4-6-12(7-5-11)15-8-2-3-10(13)9-15;1-3-2;1-2/h7-10,12-13,16-17H,3-6H2,1-2H3;4-7,10,14H,2-3,8-9,13H2,1H3;3H2,1-2H3;1-2H3/b11-9-,14-7+,15-8?;;;. The van der Waals surface area contributed by atoms with Gasteiger partial charge in [0.1, 0.15) is 0 Å². The molecular weight excluding hydrogens is 490 g/mol. The van der Waals surface area contributed by atoms with E-state index in [9.17, 15) is 4.79 Å². The minimum atomic E-state index is 0.230. The second kappa shape index (κ2) is 23.1. The number of benzene rings is 1. The fraction of sp³-hybridized carbons (Fsp3) is 0.613. The Balaban J connectivity index is 0.000000646. The topological polar surface area (TPSA) is 112 Å². The minimum Gasteiger partial charge on any atom is -0.515 e. The number of nitrogens with zero attached hydrogens (tertiary/aromatic N) is 2. The van der Waals surface area contributed by atoms with E-state index in [1.54, 1.807) is 26.4 Å². The highest BCUT2D eigenvalue weighted by molar-refractivity contribution is 5.83. The van der Waals surface area contributed by atoms with Crippen molar-refractivity contribution in [2.24, 2.45) is 10.7 Å². The molecule has 1 aliphatic carbocycles. The number of methoxy groups -OCH3 is 1. The van der Waals surface area contributed by atoms with Crippen molar-refractivity contribution in [1.82, 2.24) is 5.32 Å². The predicted octanol–water partition coefficient (Wildman–Crippen LogP) is 5.86. The van der Waals surface area contributed by atoms with Crippen LogP contribution in [0.2, 0.25) is 0 Å². The van der Waals surface area contributed by atoms with Gasteiger partial charge in [-0.25, -0.2) is 0 Å². The monoisotopic (exact) mass is 545 g/mol. The van der Waals surface area contributed by atoms with E-state index in [1.807, 2.05) is 20.9 Å². The second-order valence-corrected chi connectivity index (χ2v) is 9.40. The number of aldehydes is 1. The van der Waals surface area contributed by atoms with Crippen molar-refractivity contribution in [3.8, 4) is 0 Å². The largest absolute Gasteiger partial charge is 0.515 e. The third kappa shape index (κ3) is 14.8. The third-order valence-electron chi connectivity index (χ3n) is 6.31. The van der Waals surface area contributed by atoms with Gasteiger partial charge in [-0.3, -0.25) is 9.79 Å². The Labute approximate surface area is 237 Å². The highest BCUT2D eigenvalue weighted by Gasteiger charge is 2.21. The minimum absolute atomic E-state index is 0.230. The Kier molecular flexibility index (Phi) is 21.4. The number of piperidine rings is 1. The first kappa shape index (κ1) is 36.2. The van der Waals surface area contributed by atoms with Crippen LogP contribution in [0.3, 0.4) is 0 Å². The van der Waals surface area contributed by atoms with Crippen molar-refractivity contribution in [3.63, 3.8) is 0 Å². The number of hydrogen-bond donors (Lipinski definition) is 4. The number of nitrogens with one attached hydrogen (secondary N) is 2. The van der Waals surface area contributed by atoms with Crippen LogP contribution in [0.5, 0.6) is 0 Å². The molecule has 1 saturated heterocycles. The van der Waals surface area contributed by atoms with Gasteiger partial charge in [-0.1, -0.05) is 34.1 Å². The van der Waals surface area contributed by atoms with Crippen LogP contribution in [0.4, 0.5) is 11.4 Å². The van der Waals surface area contributed by atoms with Gasteiger partial charge in [-0.2, -0.15) is 0 Å². The average Bonchev–Trinajstić information content (AvgIpc) is 2.98. The quantitative estimate of drug-likeness (QED) is 0.106. The summed E-state index contributed by atoms with van der Waals surface area (Å²) in [6.07, 6.45) is 12.6. The lowest BCUT2D eigenvalue weighted by molar-refractivity contribution is -0.104. The van der Waals surface area contributed by atoms with Crippen LogP contribution >= 0.6 is 0 Å². The SMILES string of the molecule is CC.CCC.CN=C/C=C(NC1CCC(OC)CC1)\C(C=O)=C/O.CNc1ccc(N2CCCC(N)C2)cc1. The van der Waals surface area contributed by atoms with Gasteiger partial charge in [0.2, 0.25) is 0 Å². The van der Waals surface area contributed by atoms with Gasteiger partial charge in [-0.05, 0) is 68.9 Å². The summed E-state index contributed by atoms with van der Waals surface area (Å²) in [6, 6.07) is 9.15. The van der Waals surface area contributed by atoms with Gasteiger partial charge in [0.25, 0.3) is 0 Å². The fourth-order valence-corrected chi connectivity index (χ4v) is 4.29. The highest BCUT2D eigenvalue weighted by atomic mass is 16.5. The molecule has 1 unspecified atom stereocenters. The average molecular weight is 546 g/mol. The maximum absolute atomic E-state index is 10.9. The normalized spacial score (nSPS) is 21.3. The smallest absolute Gasteiger partial charge is 0.155 e. The van der Waals surface area contributed by atoms with Crippen molar-refractivity contribution in [1.29, 1.82) is 0 Å². The van der Waals surface area contributed by atoms with E-state index < -0.39 is 0 Å². The molecule has 8 nitrogen and oxygen atoms in total. The molecule has 1 atom stereocenters. The maximum atomic E-state index is 10.9. The summed E-state index contributed by atoms with van der Waals surface area (Å²) in [5.41, 5.74) is 9.23. The van der Waals surface area contributed by atoms with E-state index in [1.165, 1.54) is 18.5 Å². The number of aliphatic hydroxyl groups excluding tert-OH is 1. The van der Waals surface area contributed by atoms with Crippen LogP contribution in [0.25, 0.3) is 0 Å². The van der Waals surface area contributed by atoms with Gasteiger partial charge in [-0.15, -0.1) is 0 Å². The van der Waals surface area contributed by atoms with Crippen molar-refractivity contribution in [2.45, 2.75) is 90.8 Å². The molecule has 8 heteroatoms. The van der Waals surface area contributed by atoms with E-state index in [4.69, 9.17) is 15.6 Å². The molecule has 1 saturated carbocycles. The van der Waals surface area contributed by atoms with E-state index in [2.05, 4.69) is 58.6 Å². The number of carbonyl (C=O) groups is 1. The predicted molar refractivity (Wildman–Crippen MR) is 168 cm³/mol. The van der Waals surface area contributed by atoms with Crippen LogP contribution in [-0.2, 0) is 9.53 Å². The molecule has 0 radical (unpaired) electrons. The Morgan fingerprint density at radius 1 is 1.15 bits per heavy atom. The fourth-order valence-electron chi connectivity index (χ4n) is 4.29. The van der Waals surface area contributed by atoms with Crippen molar-refractivity contribution in [3.05, 3.63) is 47.9 Å². The molecule has 0 amide bonds. The third-order valence-corrected chi connectivity index (χ3v) is 6.31. The Hall–Kier alpha value is -2.84. The molecule has 1 aliphatic heterocycles. The number of rotatable bonds is 8. The van der Waals surface area contributed by atoms with Gasteiger partial charge in [0, 0.05) is 69.7 Å². The molecule has 0 spiro atoms. The first-order chi connectivity index (χ1) is 19.0. The van der Waals surface area contributed by atoms with E-state index in [0.717, 1.165) is 57.1 Å². The summed E-state index contributed by atoms with van der Waals surface area (Å²) in [7, 11) is 5.33. The summed E-state index contributed by atoms with van der Waals surface area (Å²) in [4.78, 5) is 17.1. The molecule has 2 fully saturated rings. The molecule has 39 heavy (non-hydrogen) atoms. The summed E-state index contributed by atoms with van der Waals surface area (Å²) >= 11 is 0. The van der Waals surface area contributed by atoms with Crippen LogP contribution < -0.4 is 21.3 Å². The Bertz CT molecular complexity index is 831. The zero-order chi connectivity index (χ0) is 29.5. The van der Waals surface area contributed by atoms with Crippen LogP contribution in [0.15, 0.2) is 52.9 Å². The zero-order valence-electron chi connectivity index (χ0n) is 25.5. The summed E-state index contributed by atoms with van der Waals surface area (Å²) in [5.74, 6) is 0. The van der Waals surface area contributed by atoms with Crippen molar-refractivity contribution in [2.75, 3.05) is 44.5 Å². The van der Waals surface area contributed by atoms with Crippen molar-refractivity contribution < 1.29 is 14.6 Å². The number of carbonyl (C=O) groups excluding carboxylic acids is 1. The highest BCUT2D eigenvalue weighted by Crippen LogP contribution is 2.22. The molecule has 3 rings (SSSR count). The molecule has 0 bridgehead atoms. The zero-order valence-corrected chi connectivity index (χ0v) is 25.5. The molecule has 1 aromatic rings. The first-order valence-electron chi connectivity index (χ1n) is 14.5. The van der Waals surface area contributed by atoms with E-state index in [0.29, 0.717) is 24.1 Å². The first-order valence-corrected chi connectivity index (χ1v) is 14.5. The van der Waals surface area contributed by atoms with Gasteiger partial charge >= 0.3 is 0 Å². The number of allylic oxidation sites excluding steroid dienone is 2. The second-order valence-electron chi connectivity index (χ2n) is 9.40. The molecule has 0 aromatic heterocycles. The van der Waals surface area contributed by atoms with Gasteiger partial charge < -0.3 is 31.1 Å². The van der Waals surface area contributed by atoms with Crippen LogP contribution in [-0.4, -0.2) is 70.1 Å². The van der Waals surface area contributed by atoms with Gasteiger partial charge in [0.05, 0.1) is 17.9 Å². The van der Waals surface area contributed by atoms with Crippen LogP contribution in [0, 0.1) is 0 Å². The number of nitrogens with two attached hydrogens (primary N) is 1. The maximum Gasteiger partial charge on any atom is 0.155 e. The van der Waals surface area contributed by atoms with Gasteiger partial charge in [0.15, 0.2) is 6.29 Å². The number of aliphatic imine (C=N–C) groups is 1. The number of aliphatic hydroxyl groups is 1. The van der Waals surface area contributed by atoms with E-state index >= 15 is 0 Å². The lowest BCUT2D eigenvalue weighted by Crippen LogP contribution is -2.42. The van der Waals surface area contributed by atoms with Crippen LogP contribution in [0.1, 0.15) is 72.6 Å². The molecule has 1 aromatic carbocycles. The van der Waals surface area contributed by atoms with Crippen molar-refractivity contribution >= 4 is 23.9 Å². The molecular formula is C31H55N5O3. The molecule has 1 heterocycles.